The maximum absolute atomic E-state index is 12.9. The fourth-order valence-electron chi connectivity index (χ4n) is 3.88. The molecule has 27 heavy (non-hydrogen) atoms. The van der Waals surface area contributed by atoms with E-state index in [9.17, 15) is 4.79 Å². The van der Waals surface area contributed by atoms with Crippen molar-refractivity contribution < 1.29 is 13.9 Å². The first-order valence-corrected chi connectivity index (χ1v) is 9.39. The average molecular weight is 364 g/mol. The zero-order valence-electron chi connectivity index (χ0n) is 15.5. The SMILES string of the molecule is COc1ccc(C(=O)NC[C@@H](c2ccco2)N2CCCC2)c2ccccc12. The normalized spacial score (nSPS) is 15.7. The van der Waals surface area contributed by atoms with Crippen LogP contribution in [0.5, 0.6) is 5.75 Å². The van der Waals surface area contributed by atoms with E-state index in [0.29, 0.717) is 12.1 Å². The molecule has 1 amide bonds. The smallest absolute Gasteiger partial charge is 0.251 e. The molecule has 2 heterocycles. The predicted octanol–water partition coefficient (Wildman–Crippen LogP) is 4.01. The van der Waals surface area contributed by atoms with E-state index >= 15 is 0 Å². The minimum Gasteiger partial charge on any atom is -0.496 e. The number of hydrogen-bond acceptors (Lipinski definition) is 4. The van der Waals surface area contributed by atoms with E-state index in [1.165, 1.54) is 12.8 Å². The largest absolute Gasteiger partial charge is 0.496 e. The Kier molecular flexibility index (Phi) is 5.12. The molecule has 1 aliphatic heterocycles. The summed E-state index contributed by atoms with van der Waals surface area (Å²) < 4.78 is 11.1. The molecule has 3 aromatic rings. The molecule has 0 spiro atoms. The van der Waals surface area contributed by atoms with Crippen LogP contribution < -0.4 is 10.1 Å². The molecule has 0 radical (unpaired) electrons. The third kappa shape index (κ3) is 3.55. The summed E-state index contributed by atoms with van der Waals surface area (Å²) in [5.74, 6) is 1.59. The number of amides is 1. The molecule has 5 nitrogen and oxygen atoms in total. The molecule has 1 N–H and O–H groups in total. The highest BCUT2D eigenvalue weighted by Crippen LogP contribution is 2.29. The van der Waals surface area contributed by atoms with Crippen LogP contribution in [-0.4, -0.2) is 37.6 Å². The minimum absolute atomic E-state index is 0.0657. The van der Waals surface area contributed by atoms with Gasteiger partial charge < -0.3 is 14.5 Å². The topological polar surface area (TPSA) is 54.7 Å². The Morgan fingerprint density at radius 1 is 1.11 bits per heavy atom. The number of hydrogen-bond donors (Lipinski definition) is 1. The van der Waals surface area contributed by atoms with Crippen molar-refractivity contribution in [1.82, 2.24) is 10.2 Å². The number of benzene rings is 2. The van der Waals surface area contributed by atoms with Crippen LogP contribution in [0.3, 0.4) is 0 Å². The molecule has 4 rings (SSSR count). The van der Waals surface area contributed by atoms with Gasteiger partial charge in [-0.15, -0.1) is 0 Å². The van der Waals surface area contributed by atoms with Gasteiger partial charge in [0.05, 0.1) is 19.4 Å². The Bertz CT molecular complexity index is 914. The van der Waals surface area contributed by atoms with Crippen LogP contribution in [0, 0.1) is 0 Å². The Balaban J connectivity index is 1.56. The molecule has 5 heteroatoms. The molecule has 2 aromatic carbocycles. The first kappa shape index (κ1) is 17.6. The fraction of sp³-hybridized carbons (Fsp3) is 0.318. The number of furan rings is 1. The van der Waals surface area contributed by atoms with E-state index in [1.54, 1.807) is 13.4 Å². The molecule has 1 saturated heterocycles. The Morgan fingerprint density at radius 3 is 2.59 bits per heavy atom. The molecule has 0 unspecified atom stereocenters. The molecule has 1 fully saturated rings. The lowest BCUT2D eigenvalue weighted by Gasteiger charge is -2.26. The van der Waals surface area contributed by atoms with Crippen LogP contribution in [-0.2, 0) is 0 Å². The number of carbonyl (C=O) groups excluding carboxylic acids is 1. The van der Waals surface area contributed by atoms with Crippen LogP contribution in [0.15, 0.2) is 59.2 Å². The average Bonchev–Trinajstić information content (AvgIpc) is 3.42. The summed E-state index contributed by atoms with van der Waals surface area (Å²) >= 11 is 0. The van der Waals surface area contributed by atoms with Gasteiger partial charge in [-0.05, 0) is 55.6 Å². The maximum atomic E-state index is 12.9. The molecule has 1 aliphatic rings. The number of rotatable bonds is 6. The fourth-order valence-corrected chi connectivity index (χ4v) is 3.88. The van der Waals surface area contributed by atoms with Crippen LogP contribution in [0.25, 0.3) is 10.8 Å². The first-order valence-electron chi connectivity index (χ1n) is 9.39. The Morgan fingerprint density at radius 2 is 1.89 bits per heavy atom. The van der Waals surface area contributed by atoms with E-state index < -0.39 is 0 Å². The number of carbonyl (C=O) groups is 1. The van der Waals surface area contributed by atoms with E-state index in [2.05, 4.69) is 10.2 Å². The van der Waals surface area contributed by atoms with Gasteiger partial charge in [-0.2, -0.15) is 0 Å². The molecular weight excluding hydrogens is 340 g/mol. The van der Waals surface area contributed by atoms with Crippen LogP contribution in [0.1, 0.15) is 35.0 Å². The van der Waals surface area contributed by atoms with Gasteiger partial charge >= 0.3 is 0 Å². The lowest BCUT2D eigenvalue weighted by atomic mass is 10.0. The number of ether oxygens (including phenoxy) is 1. The van der Waals surface area contributed by atoms with E-state index in [1.807, 2.05) is 48.5 Å². The van der Waals surface area contributed by atoms with Crippen molar-refractivity contribution in [1.29, 1.82) is 0 Å². The van der Waals surface area contributed by atoms with Crippen molar-refractivity contribution in [3.63, 3.8) is 0 Å². The summed E-state index contributed by atoms with van der Waals surface area (Å²) in [5.41, 5.74) is 0.658. The monoisotopic (exact) mass is 364 g/mol. The van der Waals surface area contributed by atoms with Crippen molar-refractivity contribution >= 4 is 16.7 Å². The minimum atomic E-state index is -0.0791. The number of nitrogens with one attached hydrogen (secondary N) is 1. The van der Waals surface area contributed by atoms with Gasteiger partial charge in [-0.1, -0.05) is 24.3 Å². The summed E-state index contributed by atoms with van der Waals surface area (Å²) in [6, 6.07) is 15.4. The van der Waals surface area contributed by atoms with Gasteiger partial charge in [0.2, 0.25) is 0 Å². The molecule has 0 bridgehead atoms. The van der Waals surface area contributed by atoms with Crippen molar-refractivity contribution in [3.8, 4) is 5.75 Å². The third-order valence-corrected chi connectivity index (χ3v) is 5.26. The number of nitrogens with zero attached hydrogens (tertiary/aromatic N) is 1. The molecule has 1 atom stereocenters. The van der Waals surface area contributed by atoms with Crippen LogP contribution in [0.2, 0.25) is 0 Å². The third-order valence-electron chi connectivity index (χ3n) is 5.26. The molecule has 0 aliphatic carbocycles. The number of methoxy groups -OCH3 is 1. The number of likely N-dealkylation sites (tertiary alicyclic amines) is 1. The van der Waals surface area contributed by atoms with Gasteiger partial charge in [0.1, 0.15) is 11.5 Å². The van der Waals surface area contributed by atoms with Crippen molar-refractivity contribution in [2.24, 2.45) is 0 Å². The van der Waals surface area contributed by atoms with Crippen molar-refractivity contribution in [2.45, 2.75) is 18.9 Å². The standard InChI is InChI=1S/C22H24N2O3/c1-26-20-11-10-18(16-7-2-3-8-17(16)20)22(25)23-15-19(21-9-6-14-27-21)24-12-4-5-13-24/h2-3,6-11,14,19H,4-5,12-13,15H2,1H3,(H,23,25)/t19-/m0/s1. The van der Waals surface area contributed by atoms with Gasteiger partial charge in [-0.3, -0.25) is 9.69 Å². The summed E-state index contributed by atoms with van der Waals surface area (Å²) in [6.07, 6.45) is 4.07. The Hall–Kier alpha value is -2.79. The second-order valence-electron chi connectivity index (χ2n) is 6.85. The molecule has 0 saturated carbocycles. The summed E-state index contributed by atoms with van der Waals surface area (Å²) in [5, 5.41) is 4.95. The van der Waals surface area contributed by atoms with Gasteiger partial charge in [0.25, 0.3) is 5.91 Å². The highest BCUT2D eigenvalue weighted by atomic mass is 16.5. The molecule has 1 aromatic heterocycles. The summed E-state index contributed by atoms with van der Waals surface area (Å²) in [7, 11) is 1.64. The lowest BCUT2D eigenvalue weighted by molar-refractivity contribution is 0.0935. The second-order valence-corrected chi connectivity index (χ2v) is 6.85. The highest BCUT2D eigenvalue weighted by Gasteiger charge is 2.26. The zero-order chi connectivity index (χ0) is 18.6. The van der Waals surface area contributed by atoms with Gasteiger partial charge in [-0.25, -0.2) is 0 Å². The van der Waals surface area contributed by atoms with Gasteiger partial charge in [0, 0.05) is 17.5 Å². The predicted molar refractivity (Wildman–Crippen MR) is 105 cm³/mol. The van der Waals surface area contributed by atoms with Crippen LogP contribution >= 0.6 is 0 Å². The summed E-state index contributed by atoms with van der Waals surface area (Å²) in [6.45, 7) is 2.59. The first-order chi connectivity index (χ1) is 13.3. The maximum Gasteiger partial charge on any atom is 0.251 e. The number of fused-ring (bicyclic) bond motifs is 1. The zero-order valence-corrected chi connectivity index (χ0v) is 15.5. The van der Waals surface area contributed by atoms with Crippen LogP contribution in [0.4, 0.5) is 0 Å². The quantitative estimate of drug-likeness (QED) is 0.718. The lowest BCUT2D eigenvalue weighted by Crippen LogP contribution is -2.36. The van der Waals surface area contributed by atoms with E-state index in [0.717, 1.165) is 35.4 Å². The van der Waals surface area contributed by atoms with Crippen molar-refractivity contribution in [3.05, 3.63) is 66.1 Å². The summed E-state index contributed by atoms with van der Waals surface area (Å²) in [4.78, 5) is 15.3. The Labute approximate surface area is 158 Å². The van der Waals surface area contributed by atoms with Gasteiger partial charge in [0.15, 0.2) is 0 Å². The van der Waals surface area contributed by atoms with Crippen molar-refractivity contribution in [2.75, 3.05) is 26.7 Å². The second kappa shape index (κ2) is 7.84. The molecule has 140 valence electrons. The molecular formula is C22H24N2O3. The van der Waals surface area contributed by atoms with E-state index in [-0.39, 0.29) is 11.9 Å². The highest BCUT2D eigenvalue weighted by molar-refractivity contribution is 6.08. The van der Waals surface area contributed by atoms with E-state index in [4.69, 9.17) is 9.15 Å².